The van der Waals surface area contributed by atoms with Crippen LogP contribution in [0.3, 0.4) is 0 Å². The number of aliphatic hydroxyl groups is 1. The number of nitrogens with one attached hydrogen (secondary N) is 1. The number of benzene rings is 1. The van der Waals surface area contributed by atoms with Crippen LogP contribution in [-0.2, 0) is 11.2 Å². The summed E-state index contributed by atoms with van der Waals surface area (Å²) in [7, 11) is 0. The van der Waals surface area contributed by atoms with Crippen molar-refractivity contribution < 1.29 is 9.90 Å². The fraction of sp³-hybridized carbons (Fsp3) is 0.588. The molecule has 0 heterocycles. The second-order valence-electron chi connectivity index (χ2n) is 6.31. The highest BCUT2D eigenvalue weighted by atomic mass is 16.3. The summed E-state index contributed by atoms with van der Waals surface area (Å²) < 4.78 is 0. The molecule has 0 bridgehead atoms. The maximum atomic E-state index is 12.1. The molecule has 0 spiro atoms. The minimum Gasteiger partial charge on any atom is -0.396 e. The highest BCUT2D eigenvalue weighted by Crippen LogP contribution is 2.37. The highest BCUT2D eigenvalue weighted by molar-refractivity contribution is 5.76. The standard InChI is InChI=1S/C17H25NO2/c1-13-5-7-14(8-6-13)9-10-16(20)18-15-4-3-11-17(15,2)12-19/h5-8,15,19H,3-4,9-12H2,1-2H3,(H,18,20). The van der Waals surface area contributed by atoms with Crippen molar-refractivity contribution >= 4 is 5.91 Å². The summed E-state index contributed by atoms with van der Waals surface area (Å²) in [6.07, 6.45) is 4.34. The van der Waals surface area contributed by atoms with Crippen LogP contribution in [0.2, 0.25) is 0 Å². The molecule has 1 aromatic rings. The minimum atomic E-state index is -0.139. The van der Waals surface area contributed by atoms with Gasteiger partial charge in [0.05, 0.1) is 6.61 Å². The van der Waals surface area contributed by atoms with E-state index >= 15 is 0 Å². The lowest BCUT2D eigenvalue weighted by atomic mass is 9.85. The van der Waals surface area contributed by atoms with Gasteiger partial charge in [-0.15, -0.1) is 0 Å². The van der Waals surface area contributed by atoms with Crippen LogP contribution in [0.15, 0.2) is 24.3 Å². The van der Waals surface area contributed by atoms with E-state index in [1.54, 1.807) is 0 Å². The van der Waals surface area contributed by atoms with Gasteiger partial charge in [-0.05, 0) is 31.7 Å². The summed E-state index contributed by atoms with van der Waals surface area (Å²) in [6.45, 7) is 4.27. The van der Waals surface area contributed by atoms with Crippen LogP contribution in [0.4, 0.5) is 0 Å². The fourth-order valence-electron chi connectivity index (χ4n) is 2.95. The molecule has 2 atom stereocenters. The molecule has 0 saturated heterocycles. The molecule has 0 aromatic heterocycles. The zero-order chi connectivity index (χ0) is 14.6. The maximum Gasteiger partial charge on any atom is 0.220 e. The summed E-state index contributed by atoms with van der Waals surface area (Å²) in [5, 5.41) is 12.6. The molecule has 0 aliphatic heterocycles. The van der Waals surface area contributed by atoms with Gasteiger partial charge in [0.2, 0.25) is 5.91 Å². The average molecular weight is 275 g/mol. The molecule has 1 amide bonds. The van der Waals surface area contributed by atoms with E-state index in [0.29, 0.717) is 6.42 Å². The summed E-state index contributed by atoms with van der Waals surface area (Å²) in [4.78, 5) is 12.1. The van der Waals surface area contributed by atoms with Gasteiger partial charge in [0.15, 0.2) is 0 Å². The number of rotatable bonds is 5. The molecular weight excluding hydrogens is 250 g/mol. The van der Waals surface area contributed by atoms with Crippen LogP contribution in [-0.4, -0.2) is 23.7 Å². The molecule has 2 unspecified atom stereocenters. The zero-order valence-electron chi connectivity index (χ0n) is 12.5. The highest BCUT2D eigenvalue weighted by Gasteiger charge is 2.38. The zero-order valence-corrected chi connectivity index (χ0v) is 12.5. The molecule has 1 aromatic carbocycles. The van der Waals surface area contributed by atoms with Gasteiger partial charge in [0, 0.05) is 17.9 Å². The van der Waals surface area contributed by atoms with Crippen molar-refractivity contribution in [3.8, 4) is 0 Å². The van der Waals surface area contributed by atoms with Gasteiger partial charge in [-0.1, -0.05) is 43.2 Å². The van der Waals surface area contributed by atoms with Crippen LogP contribution in [0.25, 0.3) is 0 Å². The first kappa shape index (κ1) is 15.0. The third-order valence-electron chi connectivity index (χ3n) is 4.54. The van der Waals surface area contributed by atoms with E-state index in [1.807, 2.05) is 0 Å². The number of aliphatic hydroxyl groups excluding tert-OH is 1. The Kier molecular flexibility index (Phi) is 4.81. The van der Waals surface area contributed by atoms with E-state index in [9.17, 15) is 9.90 Å². The minimum absolute atomic E-state index is 0.0946. The lowest BCUT2D eigenvalue weighted by Crippen LogP contribution is -2.44. The first-order chi connectivity index (χ1) is 9.53. The molecular formula is C17H25NO2. The van der Waals surface area contributed by atoms with E-state index in [0.717, 1.165) is 25.7 Å². The normalized spacial score (nSPS) is 25.6. The van der Waals surface area contributed by atoms with E-state index in [-0.39, 0.29) is 24.0 Å². The molecule has 20 heavy (non-hydrogen) atoms. The maximum absolute atomic E-state index is 12.1. The molecule has 110 valence electrons. The van der Waals surface area contributed by atoms with Gasteiger partial charge in [0.25, 0.3) is 0 Å². The Labute approximate surface area is 121 Å². The van der Waals surface area contributed by atoms with Crippen LogP contribution in [0, 0.1) is 12.3 Å². The van der Waals surface area contributed by atoms with Crippen molar-refractivity contribution in [1.29, 1.82) is 0 Å². The predicted octanol–water partition coefficient (Wildman–Crippen LogP) is 2.59. The number of aryl methyl sites for hydroxylation is 2. The molecule has 0 radical (unpaired) electrons. The second-order valence-corrected chi connectivity index (χ2v) is 6.31. The number of amides is 1. The van der Waals surface area contributed by atoms with Crippen molar-refractivity contribution in [2.24, 2.45) is 5.41 Å². The Bertz CT molecular complexity index is 455. The van der Waals surface area contributed by atoms with Crippen molar-refractivity contribution in [1.82, 2.24) is 5.32 Å². The third-order valence-corrected chi connectivity index (χ3v) is 4.54. The van der Waals surface area contributed by atoms with Gasteiger partial charge >= 0.3 is 0 Å². The molecule has 3 nitrogen and oxygen atoms in total. The Balaban J connectivity index is 1.82. The Hall–Kier alpha value is -1.35. The van der Waals surface area contributed by atoms with Gasteiger partial charge in [-0.3, -0.25) is 4.79 Å². The summed E-state index contributed by atoms with van der Waals surface area (Å²) >= 11 is 0. The monoisotopic (exact) mass is 275 g/mol. The van der Waals surface area contributed by atoms with Crippen molar-refractivity contribution in [3.63, 3.8) is 0 Å². The smallest absolute Gasteiger partial charge is 0.220 e. The number of carbonyl (C=O) groups is 1. The third kappa shape index (κ3) is 3.60. The molecule has 2 rings (SSSR count). The van der Waals surface area contributed by atoms with Gasteiger partial charge in [0.1, 0.15) is 0 Å². The predicted molar refractivity (Wildman–Crippen MR) is 80.5 cm³/mol. The van der Waals surface area contributed by atoms with E-state index < -0.39 is 0 Å². The molecule has 2 N–H and O–H groups in total. The first-order valence-corrected chi connectivity index (χ1v) is 7.49. The molecule has 1 saturated carbocycles. The number of carbonyl (C=O) groups excluding carboxylic acids is 1. The number of hydrogen-bond acceptors (Lipinski definition) is 2. The molecule has 1 fully saturated rings. The largest absolute Gasteiger partial charge is 0.396 e. The van der Waals surface area contributed by atoms with Gasteiger partial charge in [-0.25, -0.2) is 0 Å². The van der Waals surface area contributed by atoms with Crippen molar-refractivity contribution in [2.75, 3.05) is 6.61 Å². The first-order valence-electron chi connectivity index (χ1n) is 7.49. The van der Waals surface area contributed by atoms with Crippen LogP contribution in [0.5, 0.6) is 0 Å². The molecule has 1 aliphatic rings. The lowest BCUT2D eigenvalue weighted by Gasteiger charge is -2.30. The molecule has 3 heteroatoms. The molecule has 1 aliphatic carbocycles. The summed E-state index contributed by atoms with van der Waals surface area (Å²) in [5.74, 6) is 0.0946. The lowest BCUT2D eigenvalue weighted by molar-refractivity contribution is -0.122. The van der Waals surface area contributed by atoms with Gasteiger partial charge in [-0.2, -0.15) is 0 Å². The quantitative estimate of drug-likeness (QED) is 0.868. The van der Waals surface area contributed by atoms with E-state index in [2.05, 4.69) is 43.4 Å². The Morgan fingerprint density at radius 1 is 1.40 bits per heavy atom. The van der Waals surface area contributed by atoms with E-state index in [1.165, 1.54) is 11.1 Å². The average Bonchev–Trinajstić information content (AvgIpc) is 2.80. The number of hydrogen-bond donors (Lipinski definition) is 2. The van der Waals surface area contributed by atoms with E-state index in [4.69, 9.17) is 0 Å². The fourth-order valence-corrected chi connectivity index (χ4v) is 2.95. The van der Waals surface area contributed by atoms with Crippen molar-refractivity contribution in [2.45, 2.75) is 52.0 Å². The Morgan fingerprint density at radius 3 is 2.75 bits per heavy atom. The van der Waals surface area contributed by atoms with Gasteiger partial charge < -0.3 is 10.4 Å². The van der Waals surface area contributed by atoms with Crippen LogP contribution in [0.1, 0.15) is 43.7 Å². The summed E-state index contributed by atoms with van der Waals surface area (Å²) in [6, 6.07) is 8.43. The van der Waals surface area contributed by atoms with Crippen LogP contribution < -0.4 is 5.32 Å². The summed E-state index contributed by atoms with van der Waals surface area (Å²) in [5.41, 5.74) is 2.30. The second kappa shape index (κ2) is 6.40. The Morgan fingerprint density at radius 2 is 2.10 bits per heavy atom. The van der Waals surface area contributed by atoms with Crippen molar-refractivity contribution in [3.05, 3.63) is 35.4 Å². The SMILES string of the molecule is Cc1ccc(CCC(=O)NC2CCCC2(C)CO)cc1. The topological polar surface area (TPSA) is 49.3 Å². The van der Waals surface area contributed by atoms with Crippen LogP contribution >= 0.6 is 0 Å².